The molecule has 0 saturated heterocycles. The summed E-state index contributed by atoms with van der Waals surface area (Å²) in [6.45, 7) is 5.59. The molecule has 1 rings (SSSR count). The number of aliphatic hydroxyl groups is 1. The number of hydrogen-bond donors (Lipinski definition) is 2. The molecule has 0 aromatic heterocycles. The van der Waals surface area contributed by atoms with E-state index < -0.39 is 6.10 Å². The summed E-state index contributed by atoms with van der Waals surface area (Å²) in [5.74, 6) is 0.247. The second-order valence-corrected chi connectivity index (χ2v) is 4.59. The van der Waals surface area contributed by atoms with Crippen LogP contribution in [0.1, 0.15) is 38.4 Å². The third kappa shape index (κ3) is 4.84. The van der Waals surface area contributed by atoms with Crippen molar-refractivity contribution in [2.75, 3.05) is 13.1 Å². The molecule has 2 nitrogen and oxygen atoms in total. The van der Waals surface area contributed by atoms with Gasteiger partial charge in [-0.2, -0.15) is 0 Å². The Kier molecular flexibility index (Phi) is 6.16. The zero-order chi connectivity index (χ0) is 12.7. The molecule has 17 heavy (non-hydrogen) atoms. The first-order valence-electron chi connectivity index (χ1n) is 6.28. The van der Waals surface area contributed by atoms with Crippen LogP contribution in [0.2, 0.25) is 0 Å². The van der Waals surface area contributed by atoms with Gasteiger partial charge in [0, 0.05) is 12.1 Å². The van der Waals surface area contributed by atoms with E-state index in [-0.39, 0.29) is 5.82 Å². The fraction of sp³-hybridized carbons (Fsp3) is 0.571. The lowest BCUT2D eigenvalue weighted by Gasteiger charge is -2.15. The first kappa shape index (κ1) is 14.1. The van der Waals surface area contributed by atoms with Gasteiger partial charge in [-0.05, 0) is 24.9 Å². The molecule has 0 saturated carbocycles. The van der Waals surface area contributed by atoms with Crippen LogP contribution in [0.15, 0.2) is 24.3 Å². The molecule has 2 unspecified atom stereocenters. The summed E-state index contributed by atoms with van der Waals surface area (Å²) < 4.78 is 13.4. The molecule has 0 bridgehead atoms. The van der Waals surface area contributed by atoms with Crippen LogP contribution in [-0.4, -0.2) is 18.2 Å². The van der Waals surface area contributed by atoms with Gasteiger partial charge in [0.2, 0.25) is 0 Å². The van der Waals surface area contributed by atoms with E-state index in [0.717, 1.165) is 6.54 Å². The van der Waals surface area contributed by atoms with E-state index in [1.165, 1.54) is 18.9 Å². The van der Waals surface area contributed by atoms with Crippen molar-refractivity contribution in [3.8, 4) is 0 Å². The maximum atomic E-state index is 13.4. The van der Waals surface area contributed by atoms with Crippen LogP contribution in [0.3, 0.4) is 0 Å². The summed E-state index contributed by atoms with van der Waals surface area (Å²) in [6.07, 6.45) is 1.56. The van der Waals surface area contributed by atoms with Crippen molar-refractivity contribution < 1.29 is 9.50 Å². The summed E-state index contributed by atoms with van der Waals surface area (Å²) >= 11 is 0. The van der Waals surface area contributed by atoms with E-state index in [0.29, 0.717) is 18.0 Å². The van der Waals surface area contributed by atoms with Crippen LogP contribution in [-0.2, 0) is 0 Å². The highest BCUT2D eigenvalue weighted by atomic mass is 19.1. The van der Waals surface area contributed by atoms with Gasteiger partial charge in [-0.1, -0.05) is 38.5 Å². The predicted octanol–water partition coefficient (Wildman–Crippen LogP) is 2.88. The van der Waals surface area contributed by atoms with Crippen molar-refractivity contribution in [1.82, 2.24) is 5.32 Å². The van der Waals surface area contributed by atoms with Gasteiger partial charge in [0.15, 0.2) is 0 Å². The minimum Gasteiger partial charge on any atom is -0.387 e. The normalized spacial score (nSPS) is 14.6. The van der Waals surface area contributed by atoms with E-state index >= 15 is 0 Å². The molecule has 96 valence electrons. The molecule has 2 N–H and O–H groups in total. The van der Waals surface area contributed by atoms with Gasteiger partial charge in [-0.3, -0.25) is 0 Å². The molecule has 0 aliphatic heterocycles. The van der Waals surface area contributed by atoms with Crippen molar-refractivity contribution >= 4 is 0 Å². The maximum absolute atomic E-state index is 13.4. The molecule has 1 aromatic carbocycles. The second kappa shape index (κ2) is 7.41. The van der Waals surface area contributed by atoms with Crippen LogP contribution in [0.5, 0.6) is 0 Å². The SMILES string of the molecule is CCCC(C)CNCC(O)c1ccccc1F. The highest BCUT2D eigenvalue weighted by Gasteiger charge is 2.11. The van der Waals surface area contributed by atoms with E-state index in [2.05, 4.69) is 19.2 Å². The molecule has 0 heterocycles. The highest BCUT2D eigenvalue weighted by molar-refractivity contribution is 5.19. The summed E-state index contributed by atoms with van der Waals surface area (Å²) in [7, 11) is 0. The van der Waals surface area contributed by atoms with Crippen molar-refractivity contribution in [3.63, 3.8) is 0 Å². The average molecular weight is 239 g/mol. The molecule has 0 fully saturated rings. The summed E-state index contributed by atoms with van der Waals surface area (Å²) in [4.78, 5) is 0. The second-order valence-electron chi connectivity index (χ2n) is 4.59. The van der Waals surface area contributed by atoms with E-state index in [4.69, 9.17) is 0 Å². The standard InChI is InChI=1S/C14H22FNO/c1-3-6-11(2)9-16-10-14(17)12-7-4-5-8-13(12)15/h4-5,7-8,11,14,16-17H,3,6,9-10H2,1-2H3. The highest BCUT2D eigenvalue weighted by Crippen LogP contribution is 2.15. The number of aliphatic hydroxyl groups excluding tert-OH is 1. The fourth-order valence-electron chi connectivity index (χ4n) is 1.92. The lowest BCUT2D eigenvalue weighted by atomic mass is 10.1. The first-order valence-corrected chi connectivity index (χ1v) is 6.28. The van der Waals surface area contributed by atoms with Crippen molar-refractivity contribution in [3.05, 3.63) is 35.6 Å². The number of halogens is 1. The summed E-state index contributed by atoms with van der Waals surface area (Å²) in [5, 5.41) is 13.0. The van der Waals surface area contributed by atoms with Gasteiger partial charge in [0.05, 0.1) is 6.10 Å². The Morgan fingerprint density at radius 1 is 1.29 bits per heavy atom. The zero-order valence-corrected chi connectivity index (χ0v) is 10.6. The van der Waals surface area contributed by atoms with E-state index in [1.54, 1.807) is 18.2 Å². The van der Waals surface area contributed by atoms with Gasteiger partial charge < -0.3 is 10.4 Å². The zero-order valence-electron chi connectivity index (χ0n) is 10.6. The Morgan fingerprint density at radius 2 is 2.00 bits per heavy atom. The van der Waals surface area contributed by atoms with Crippen LogP contribution >= 0.6 is 0 Å². The molecule has 0 aliphatic carbocycles. The van der Waals surface area contributed by atoms with Gasteiger partial charge in [-0.25, -0.2) is 4.39 Å². The average Bonchev–Trinajstić information content (AvgIpc) is 2.29. The lowest BCUT2D eigenvalue weighted by molar-refractivity contribution is 0.168. The molecule has 0 spiro atoms. The molecule has 0 radical (unpaired) electrons. The molecule has 0 aliphatic rings. The number of rotatable bonds is 7. The Bertz CT molecular complexity index is 330. The number of hydrogen-bond acceptors (Lipinski definition) is 2. The third-order valence-corrected chi connectivity index (χ3v) is 2.88. The Hall–Kier alpha value is -0.930. The quantitative estimate of drug-likeness (QED) is 0.767. The van der Waals surface area contributed by atoms with Crippen LogP contribution < -0.4 is 5.32 Å². The molecule has 1 aromatic rings. The minimum atomic E-state index is -0.773. The first-order chi connectivity index (χ1) is 8.15. The smallest absolute Gasteiger partial charge is 0.129 e. The van der Waals surface area contributed by atoms with E-state index in [9.17, 15) is 9.50 Å². The maximum Gasteiger partial charge on any atom is 0.129 e. The Labute approximate surface area is 103 Å². The predicted molar refractivity (Wildman–Crippen MR) is 68.3 cm³/mol. The molecule has 0 amide bonds. The largest absolute Gasteiger partial charge is 0.387 e. The van der Waals surface area contributed by atoms with Crippen LogP contribution in [0.25, 0.3) is 0 Å². The van der Waals surface area contributed by atoms with Crippen molar-refractivity contribution in [2.45, 2.75) is 32.8 Å². The topological polar surface area (TPSA) is 32.3 Å². The molecular formula is C14H22FNO. The third-order valence-electron chi connectivity index (χ3n) is 2.88. The molecular weight excluding hydrogens is 217 g/mol. The fourth-order valence-corrected chi connectivity index (χ4v) is 1.92. The monoisotopic (exact) mass is 239 g/mol. The van der Waals surface area contributed by atoms with Crippen molar-refractivity contribution in [2.24, 2.45) is 5.92 Å². The summed E-state index contributed by atoms with van der Waals surface area (Å²) in [5.41, 5.74) is 0.364. The minimum absolute atomic E-state index is 0.344. The lowest BCUT2D eigenvalue weighted by Crippen LogP contribution is -2.26. The van der Waals surface area contributed by atoms with Gasteiger partial charge in [-0.15, -0.1) is 0 Å². The van der Waals surface area contributed by atoms with Crippen LogP contribution in [0, 0.1) is 11.7 Å². The van der Waals surface area contributed by atoms with Gasteiger partial charge >= 0.3 is 0 Å². The van der Waals surface area contributed by atoms with Gasteiger partial charge in [0.25, 0.3) is 0 Å². The molecule has 2 atom stereocenters. The van der Waals surface area contributed by atoms with E-state index in [1.807, 2.05) is 0 Å². The van der Waals surface area contributed by atoms with Crippen molar-refractivity contribution in [1.29, 1.82) is 0 Å². The van der Waals surface area contributed by atoms with Crippen LogP contribution in [0.4, 0.5) is 4.39 Å². The number of benzene rings is 1. The molecule has 3 heteroatoms. The van der Waals surface area contributed by atoms with Gasteiger partial charge in [0.1, 0.15) is 5.82 Å². The Balaban J connectivity index is 2.35. The number of nitrogens with one attached hydrogen (secondary N) is 1. The summed E-state index contributed by atoms with van der Waals surface area (Å²) in [6, 6.07) is 6.36. The Morgan fingerprint density at radius 3 is 2.65 bits per heavy atom.